The maximum Gasteiger partial charge on any atom is 0.186 e. The molecular formula is C11H13N5S. The molecule has 2 aromatic rings. The van der Waals surface area contributed by atoms with Crippen LogP contribution in [0, 0.1) is 5.41 Å². The minimum atomic E-state index is 0.0949. The zero-order valence-electron chi connectivity index (χ0n) is 9.42. The molecule has 1 heterocycles. The molecule has 0 bridgehead atoms. The number of nitrogens with two attached hydrogens (primary N) is 1. The molecule has 0 radical (unpaired) electrons. The van der Waals surface area contributed by atoms with Gasteiger partial charge < -0.3 is 5.73 Å². The Morgan fingerprint density at radius 2 is 2.12 bits per heavy atom. The fourth-order valence-corrected chi connectivity index (χ4v) is 2.19. The molecule has 0 unspecified atom stereocenters. The van der Waals surface area contributed by atoms with Gasteiger partial charge in [0.15, 0.2) is 5.16 Å². The highest BCUT2D eigenvalue weighted by atomic mass is 32.2. The van der Waals surface area contributed by atoms with Crippen molar-refractivity contribution in [2.24, 2.45) is 12.8 Å². The van der Waals surface area contributed by atoms with Crippen LogP contribution in [0.2, 0.25) is 0 Å². The lowest BCUT2D eigenvalue weighted by molar-refractivity contribution is 0.685. The fraction of sp³-hybridized carbons (Fsp3) is 0.182. The molecule has 0 aliphatic rings. The number of hydrogen-bond donors (Lipinski definition) is 2. The van der Waals surface area contributed by atoms with Crippen LogP contribution in [0.5, 0.6) is 0 Å². The Bertz CT molecular complexity index is 517. The third-order valence-corrected chi connectivity index (χ3v) is 3.41. The fourth-order valence-electron chi connectivity index (χ4n) is 1.34. The van der Waals surface area contributed by atoms with E-state index in [4.69, 9.17) is 11.1 Å². The molecule has 0 amide bonds. The molecule has 2 rings (SSSR count). The quantitative estimate of drug-likeness (QED) is 0.486. The normalized spacial score (nSPS) is 10.4. The summed E-state index contributed by atoms with van der Waals surface area (Å²) in [5.74, 6) is 0.919. The van der Waals surface area contributed by atoms with Gasteiger partial charge in [-0.15, -0.1) is 0 Å². The average molecular weight is 247 g/mol. The van der Waals surface area contributed by atoms with E-state index in [0.717, 1.165) is 16.5 Å². The van der Waals surface area contributed by atoms with Gasteiger partial charge in [0.2, 0.25) is 0 Å². The van der Waals surface area contributed by atoms with Crippen LogP contribution in [-0.2, 0) is 12.8 Å². The predicted octanol–water partition coefficient (Wildman–Crippen LogP) is 1.39. The topological polar surface area (TPSA) is 80.6 Å². The van der Waals surface area contributed by atoms with Crippen LogP contribution in [0.1, 0.15) is 11.1 Å². The lowest BCUT2D eigenvalue weighted by Gasteiger charge is -2.02. The first kappa shape index (κ1) is 11.7. The summed E-state index contributed by atoms with van der Waals surface area (Å²) in [7, 11) is 1.87. The monoisotopic (exact) mass is 247 g/mol. The molecule has 0 atom stereocenters. The van der Waals surface area contributed by atoms with Crippen molar-refractivity contribution < 1.29 is 0 Å². The van der Waals surface area contributed by atoms with E-state index in [1.54, 1.807) is 22.8 Å². The SMILES string of the molecule is Cn1ncnc1SCc1ccc(C(=N)N)cc1. The Labute approximate surface area is 104 Å². The van der Waals surface area contributed by atoms with Crippen LogP contribution in [0.25, 0.3) is 0 Å². The van der Waals surface area contributed by atoms with Gasteiger partial charge in [0.1, 0.15) is 12.2 Å². The molecular weight excluding hydrogens is 234 g/mol. The van der Waals surface area contributed by atoms with E-state index in [-0.39, 0.29) is 5.84 Å². The number of nitrogen functional groups attached to an aromatic ring is 1. The number of nitrogens with one attached hydrogen (secondary N) is 1. The van der Waals surface area contributed by atoms with Gasteiger partial charge in [0.05, 0.1) is 0 Å². The van der Waals surface area contributed by atoms with Crippen molar-refractivity contribution in [2.75, 3.05) is 0 Å². The van der Waals surface area contributed by atoms with Gasteiger partial charge in [0.25, 0.3) is 0 Å². The van der Waals surface area contributed by atoms with Gasteiger partial charge in [-0.1, -0.05) is 36.0 Å². The zero-order chi connectivity index (χ0) is 12.3. The van der Waals surface area contributed by atoms with E-state index < -0.39 is 0 Å². The predicted molar refractivity (Wildman–Crippen MR) is 68.0 cm³/mol. The Balaban J connectivity index is 2.00. The Morgan fingerprint density at radius 1 is 1.41 bits per heavy atom. The first-order chi connectivity index (χ1) is 8.16. The highest BCUT2D eigenvalue weighted by Crippen LogP contribution is 2.19. The standard InChI is InChI=1S/C11H13N5S/c1-16-11(14-7-15-16)17-6-8-2-4-9(5-3-8)10(12)13/h2-5,7H,6H2,1H3,(H3,12,13). The average Bonchev–Trinajstić information content (AvgIpc) is 2.73. The van der Waals surface area contributed by atoms with Gasteiger partial charge in [-0.3, -0.25) is 5.41 Å². The lowest BCUT2D eigenvalue weighted by atomic mass is 10.1. The van der Waals surface area contributed by atoms with Crippen molar-refractivity contribution in [1.82, 2.24) is 14.8 Å². The molecule has 5 nitrogen and oxygen atoms in total. The van der Waals surface area contributed by atoms with E-state index in [1.807, 2.05) is 31.3 Å². The number of amidine groups is 1. The number of rotatable bonds is 4. The minimum absolute atomic E-state index is 0.0949. The van der Waals surface area contributed by atoms with E-state index in [9.17, 15) is 0 Å². The molecule has 1 aromatic heterocycles. The summed E-state index contributed by atoms with van der Waals surface area (Å²) in [5, 5.41) is 12.2. The molecule has 0 aliphatic heterocycles. The zero-order valence-corrected chi connectivity index (χ0v) is 10.2. The number of hydrogen-bond acceptors (Lipinski definition) is 4. The Hall–Kier alpha value is -1.82. The summed E-state index contributed by atoms with van der Waals surface area (Å²) >= 11 is 1.63. The molecule has 88 valence electrons. The summed E-state index contributed by atoms with van der Waals surface area (Å²) in [6.45, 7) is 0. The Morgan fingerprint density at radius 3 is 2.65 bits per heavy atom. The van der Waals surface area contributed by atoms with Gasteiger partial charge >= 0.3 is 0 Å². The van der Waals surface area contributed by atoms with Crippen LogP contribution in [0.4, 0.5) is 0 Å². The molecule has 0 spiro atoms. The maximum atomic E-state index is 7.30. The first-order valence-corrected chi connectivity index (χ1v) is 6.05. The third-order valence-electron chi connectivity index (χ3n) is 2.30. The van der Waals surface area contributed by atoms with E-state index in [0.29, 0.717) is 0 Å². The molecule has 3 N–H and O–H groups in total. The summed E-state index contributed by atoms with van der Waals surface area (Å²) in [6.07, 6.45) is 1.54. The van der Waals surface area contributed by atoms with Crippen LogP contribution in [0.15, 0.2) is 35.7 Å². The molecule has 1 aromatic carbocycles. The highest BCUT2D eigenvalue weighted by molar-refractivity contribution is 7.98. The van der Waals surface area contributed by atoms with Crippen LogP contribution in [-0.4, -0.2) is 20.6 Å². The van der Waals surface area contributed by atoms with Crippen molar-refractivity contribution >= 4 is 17.6 Å². The summed E-state index contributed by atoms with van der Waals surface area (Å²) in [5.41, 5.74) is 7.31. The summed E-state index contributed by atoms with van der Waals surface area (Å²) in [4.78, 5) is 4.14. The number of thioether (sulfide) groups is 1. The summed E-state index contributed by atoms with van der Waals surface area (Å²) < 4.78 is 1.74. The molecule has 17 heavy (non-hydrogen) atoms. The van der Waals surface area contributed by atoms with Gasteiger partial charge in [-0.2, -0.15) is 5.10 Å². The molecule has 0 aliphatic carbocycles. The molecule has 0 fully saturated rings. The highest BCUT2D eigenvalue weighted by Gasteiger charge is 2.02. The van der Waals surface area contributed by atoms with Gasteiger partial charge in [-0.05, 0) is 5.56 Å². The van der Waals surface area contributed by atoms with E-state index in [1.165, 1.54) is 5.56 Å². The van der Waals surface area contributed by atoms with Crippen molar-refractivity contribution in [1.29, 1.82) is 5.41 Å². The lowest BCUT2D eigenvalue weighted by Crippen LogP contribution is -2.10. The molecule has 0 saturated heterocycles. The number of aromatic nitrogens is 3. The van der Waals surface area contributed by atoms with Crippen LogP contribution in [0.3, 0.4) is 0 Å². The number of nitrogens with zero attached hydrogens (tertiary/aromatic N) is 3. The smallest absolute Gasteiger partial charge is 0.186 e. The maximum absolute atomic E-state index is 7.30. The minimum Gasteiger partial charge on any atom is -0.384 e. The third kappa shape index (κ3) is 2.85. The van der Waals surface area contributed by atoms with Gasteiger partial charge in [-0.25, -0.2) is 9.67 Å². The van der Waals surface area contributed by atoms with Crippen molar-refractivity contribution in [3.8, 4) is 0 Å². The number of benzene rings is 1. The second-order valence-electron chi connectivity index (χ2n) is 3.57. The van der Waals surface area contributed by atoms with E-state index >= 15 is 0 Å². The van der Waals surface area contributed by atoms with Crippen molar-refractivity contribution in [2.45, 2.75) is 10.9 Å². The van der Waals surface area contributed by atoms with Gasteiger partial charge in [0, 0.05) is 18.4 Å². The number of aryl methyl sites for hydroxylation is 1. The Kier molecular flexibility index (Phi) is 3.43. The molecule has 0 saturated carbocycles. The largest absolute Gasteiger partial charge is 0.384 e. The second-order valence-corrected chi connectivity index (χ2v) is 4.51. The first-order valence-electron chi connectivity index (χ1n) is 5.07. The van der Waals surface area contributed by atoms with Crippen LogP contribution >= 0.6 is 11.8 Å². The van der Waals surface area contributed by atoms with Crippen molar-refractivity contribution in [3.05, 3.63) is 41.7 Å². The molecule has 6 heteroatoms. The second kappa shape index (κ2) is 5.01. The van der Waals surface area contributed by atoms with E-state index in [2.05, 4.69) is 10.1 Å². The van der Waals surface area contributed by atoms with Crippen molar-refractivity contribution in [3.63, 3.8) is 0 Å². The summed E-state index contributed by atoms with van der Waals surface area (Å²) in [6, 6.07) is 7.66. The van der Waals surface area contributed by atoms with Crippen LogP contribution < -0.4 is 5.73 Å².